The molecule has 0 aliphatic heterocycles. The molecule has 28 heavy (non-hydrogen) atoms. The number of H-pyrrole nitrogens is 1. The van der Waals surface area contributed by atoms with Crippen molar-refractivity contribution < 1.29 is 9.13 Å². The van der Waals surface area contributed by atoms with Gasteiger partial charge in [0.05, 0.1) is 5.69 Å². The minimum absolute atomic E-state index is 0.279. The summed E-state index contributed by atoms with van der Waals surface area (Å²) in [6.45, 7) is 2.41. The van der Waals surface area contributed by atoms with E-state index in [-0.39, 0.29) is 5.82 Å². The monoisotopic (exact) mass is 412 g/mol. The SMILES string of the molecule is Cc1ccc(-c2nc(SCc3csc(COc4ccc(F)cc4)n3)n[nH]2)cc1. The summed E-state index contributed by atoms with van der Waals surface area (Å²) in [6.07, 6.45) is 0. The lowest BCUT2D eigenvalue weighted by Crippen LogP contribution is -1.95. The Morgan fingerprint density at radius 1 is 1.07 bits per heavy atom. The smallest absolute Gasteiger partial charge is 0.209 e. The number of aromatic amines is 1. The summed E-state index contributed by atoms with van der Waals surface area (Å²) in [7, 11) is 0. The lowest BCUT2D eigenvalue weighted by molar-refractivity contribution is 0.305. The number of rotatable bonds is 7. The van der Waals surface area contributed by atoms with Crippen LogP contribution in [0.15, 0.2) is 59.1 Å². The average Bonchev–Trinajstić information content (AvgIpc) is 3.36. The van der Waals surface area contributed by atoms with Crippen LogP contribution in [0.1, 0.15) is 16.3 Å². The minimum atomic E-state index is -0.279. The van der Waals surface area contributed by atoms with Gasteiger partial charge in [-0.25, -0.2) is 14.4 Å². The van der Waals surface area contributed by atoms with Crippen molar-refractivity contribution in [3.63, 3.8) is 0 Å². The number of hydrogen-bond donors (Lipinski definition) is 1. The Hall–Kier alpha value is -2.71. The number of benzene rings is 2. The van der Waals surface area contributed by atoms with Crippen LogP contribution >= 0.6 is 23.1 Å². The molecule has 0 saturated heterocycles. The number of aromatic nitrogens is 4. The molecule has 8 heteroatoms. The lowest BCUT2D eigenvalue weighted by Gasteiger charge is -2.03. The number of halogens is 1. The number of nitrogens with one attached hydrogen (secondary N) is 1. The van der Waals surface area contributed by atoms with Crippen LogP contribution < -0.4 is 4.74 Å². The van der Waals surface area contributed by atoms with E-state index in [9.17, 15) is 4.39 Å². The largest absolute Gasteiger partial charge is 0.486 e. The molecule has 4 rings (SSSR count). The summed E-state index contributed by atoms with van der Waals surface area (Å²) >= 11 is 3.07. The summed E-state index contributed by atoms with van der Waals surface area (Å²) in [6, 6.07) is 14.1. The topological polar surface area (TPSA) is 63.7 Å². The second-order valence-electron chi connectivity index (χ2n) is 6.10. The molecule has 2 aromatic carbocycles. The maximum absolute atomic E-state index is 12.9. The molecule has 0 fully saturated rings. The predicted molar refractivity (Wildman–Crippen MR) is 109 cm³/mol. The predicted octanol–water partition coefficient (Wildman–Crippen LogP) is 5.25. The van der Waals surface area contributed by atoms with Gasteiger partial charge in [0.25, 0.3) is 0 Å². The first-order chi connectivity index (χ1) is 13.7. The number of thiazole rings is 1. The maximum Gasteiger partial charge on any atom is 0.209 e. The molecule has 0 atom stereocenters. The second kappa shape index (κ2) is 8.53. The third-order valence-corrected chi connectivity index (χ3v) is 5.67. The first-order valence-electron chi connectivity index (χ1n) is 8.59. The summed E-state index contributed by atoms with van der Waals surface area (Å²) in [5, 5.41) is 10.8. The molecule has 0 saturated carbocycles. The van der Waals surface area contributed by atoms with Gasteiger partial charge in [0.1, 0.15) is 23.2 Å². The molecule has 2 aromatic heterocycles. The number of hydrogen-bond acceptors (Lipinski definition) is 6. The number of aryl methyl sites for hydroxylation is 1. The van der Waals surface area contributed by atoms with Crippen molar-refractivity contribution in [1.82, 2.24) is 20.2 Å². The number of ether oxygens (including phenoxy) is 1. The van der Waals surface area contributed by atoms with Gasteiger partial charge in [-0.3, -0.25) is 5.10 Å². The third-order valence-electron chi connectivity index (χ3n) is 3.91. The van der Waals surface area contributed by atoms with Crippen molar-refractivity contribution in [3.05, 3.63) is 76.0 Å². The van der Waals surface area contributed by atoms with E-state index in [1.165, 1.54) is 40.8 Å². The van der Waals surface area contributed by atoms with Crippen molar-refractivity contribution >= 4 is 23.1 Å². The summed E-state index contributed by atoms with van der Waals surface area (Å²) < 4.78 is 18.5. The van der Waals surface area contributed by atoms with E-state index in [0.29, 0.717) is 23.3 Å². The molecule has 1 N–H and O–H groups in total. The van der Waals surface area contributed by atoms with Crippen molar-refractivity contribution in [1.29, 1.82) is 0 Å². The molecule has 0 spiro atoms. The summed E-state index contributed by atoms with van der Waals surface area (Å²) in [4.78, 5) is 9.10. The molecule has 0 aliphatic rings. The van der Waals surface area contributed by atoms with E-state index in [1.807, 2.05) is 17.5 Å². The van der Waals surface area contributed by atoms with Crippen LogP contribution in [0.4, 0.5) is 4.39 Å². The van der Waals surface area contributed by atoms with Crippen LogP contribution in [0.5, 0.6) is 5.75 Å². The number of thioether (sulfide) groups is 1. The van der Waals surface area contributed by atoms with Gasteiger partial charge in [-0.1, -0.05) is 41.6 Å². The van der Waals surface area contributed by atoms with Crippen LogP contribution in [0.25, 0.3) is 11.4 Å². The van der Waals surface area contributed by atoms with E-state index in [4.69, 9.17) is 4.74 Å². The maximum atomic E-state index is 12.9. The highest BCUT2D eigenvalue weighted by Crippen LogP contribution is 2.24. The van der Waals surface area contributed by atoms with Crippen LogP contribution in [0.3, 0.4) is 0 Å². The Morgan fingerprint density at radius 2 is 1.86 bits per heavy atom. The zero-order valence-electron chi connectivity index (χ0n) is 15.1. The highest BCUT2D eigenvalue weighted by molar-refractivity contribution is 7.98. The van der Waals surface area contributed by atoms with Crippen molar-refractivity contribution in [2.45, 2.75) is 24.4 Å². The standard InChI is InChI=1S/C20H17FN4OS2/c1-13-2-4-14(5-3-13)19-23-20(25-24-19)28-12-16-11-27-18(22-16)10-26-17-8-6-15(21)7-9-17/h2-9,11H,10,12H2,1H3,(H,23,24,25). The molecule has 142 valence electrons. The molecule has 2 heterocycles. The van der Waals surface area contributed by atoms with E-state index >= 15 is 0 Å². The molecular weight excluding hydrogens is 395 g/mol. The first-order valence-corrected chi connectivity index (χ1v) is 10.5. The molecule has 0 unspecified atom stereocenters. The fourth-order valence-corrected chi connectivity index (χ4v) is 3.95. The molecule has 0 radical (unpaired) electrons. The van der Waals surface area contributed by atoms with Gasteiger partial charge in [-0.2, -0.15) is 0 Å². The number of nitrogens with zero attached hydrogens (tertiary/aromatic N) is 3. The van der Waals surface area contributed by atoms with Gasteiger partial charge >= 0.3 is 0 Å². The lowest BCUT2D eigenvalue weighted by atomic mass is 10.1. The van der Waals surface area contributed by atoms with Gasteiger partial charge in [-0.05, 0) is 31.2 Å². The first kappa shape index (κ1) is 18.6. The van der Waals surface area contributed by atoms with E-state index in [0.717, 1.165) is 22.1 Å². The van der Waals surface area contributed by atoms with Crippen LogP contribution in [0.2, 0.25) is 0 Å². The Bertz CT molecular complexity index is 1040. The average molecular weight is 413 g/mol. The highest BCUT2D eigenvalue weighted by Gasteiger charge is 2.09. The molecule has 0 amide bonds. The highest BCUT2D eigenvalue weighted by atomic mass is 32.2. The fourth-order valence-electron chi connectivity index (χ4n) is 2.45. The van der Waals surface area contributed by atoms with Gasteiger partial charge < -0.3 is 4.74 Å². The van der Waals surface area contributed by atoms with Crippen LogP contribution in [0, 0.1) is 12.7 Å². The van der Waals surface area contributed by atoms with Crippen molar-refractivity contribution in [3.8, 4) is 17.1 Å². The molecule has 0 aliphatic carbocycles. The van der Waals surface area contributed by atoms with Gasteiger partial charge in [0, 0.05) is 16.7 Å². The zero-order valence-corrected chi connectivity index (χ0v) is 16.7. The summed E-state index contributed by atoms with van der Waals surface area (Å²) in [5.41, 5.74) is 3.17. The van der Waals surface area contributed by atoms with E-state index in [2.05, 4.69) is 39.2 Å². The summed E-state index contributed by atoms with van der Waals surface area (Å²) in [5.74, 6) is 1.78. The second-order valence-corrected chi connectivity index (χ2v) is 7.98. The Morgan fingerprint density at radius 3 is 2.64 bits per heavy atom. The van der Waals surface area contributed by atoms with Crippen molar-refractivity contribution in [2.75, 3.05) is 0 Å². The Balaban J connectivity index is 1.31. The van der Waals surface area contributed by atoms with Gasteiger partial charge in [0.15, 0.2) is 5.82 Å². The Labute approximate surface area is 170 Å². The molecule has 4 aromatic rings. The fraction of sp³-hybridized carbons (Fsp3) is 0.150. The minimum Gasteiger partial charge on any atom is -0.486 e. The molecule has 5 nitrogen and oxygen atoms in total. The van der Waals surface area contributed by atoms with E-state index < -0.39 is 0 Å². The van der Waals surface area contributed by atoms with Crippen molar-refractivity contribution in [2.24, 2.45) is 0 Å². The zero-order chi connectivity index (χ0) is 19.3. The Kier molecular flexibility index (Phi) is 5.68. The third kappa shape index (κ3) is 4.76. The van der Waals surface area contributed by atoms with Gasteiger partial charge in [-0.15, -0.1) is 16.4 Å². The van der Waals surface area contributed by atoms with Crippen LogP contribution in [-0.2, 0) is 12.4 Å². The van der Waals surface area contributed by atoms with E-state index in [1.54, 1.807) is 12.1 Å². The molecular formula is C20H17FN4OS2. The van der Waals surface area contributed by atoms with Crippen LogP contribution in [-0.4, -0.2) is 20.2 Å². The van der Waals surface area contributed by atoms with Gasteiger partial charge in [0.2, 0.25) is 5.16 Å². The normalized spacial score (nSPS) is 10.9. The molecule has 0 bridgehead atoms. The quantitative estimate of drug-likeness (QED) is 0.420.